The molecule has 0 spiro atoms. The van der Waals surface area contributed by atoms with Gasteiger partial charge in [0.2, 0.25) is 0 Å². The van der Waals surface area contributed by atoms with Gasteiger partial charge in [0, 0.05) is 0 Å². The number of carboxylic acids is 1. The predicted octanol–water partition coefficient (Wildman–Crippen LogP) is 2.58. The minimum absolute atomic E-state index is 0.0154. The molecule has 0 aliphatic heterocycles. The van der Waals surface area contributed by atoms with Crippen molar-refractivity contribution in [3.63, 3.8) is 0 Å². The molecule has 20 heavy (non-hydrogen) atoms. The van der Waals surface area contributed by atoms with E-state index in [1.165, 1.54) is 6.07 Å². The molecule has 0 aliphatic carbocycles. The molecule has 0 bridgehead atoms. The Morgan fingerprint density at radius 2 is 1.85 bits per heavy atom. The van der Waals surface area contributed by atoms with Crippen LogP contribution < -0.4 is 5.32 Å². The second-order valence-electron chi connectivity index (χ2n) is 3.63. The topological polar surface area (TPSA) is 121 Å². The van der Waals surface area contributed by atoms with Crippen LogP contribution in [0.2, 0.25) is 5.02 Å². The van der Waals surface area contributed by atoms with Crippen molar-refractivity contribution in [1.29, 1.82) is 15.8 Å². The molecule has 0 aliphatic rings. The second-order valence-corrected chi connectivity index (χ2v) is 4.04. The van der Waals surface area contributed by atoms with E-state index in [0.717, 1.165) is 0 Å². The van der Waals surface area contributed by atoms with Crippen LogP contribution in [-0.4, -0.2) is 11.1 Å². The SMILES string of the molecule is Cc1ccc(Cl)c(C(=O)O)c1NC(C#N)=C(C#N)C#N. The molecular formula is C13H7ClN4O2. The molecule has 0 saturated heterocycles. The lowest BCUT2D eigenvalue weighted by atomic mass is 10.1. The Hall–Kier alpha value is -3.01. The molecule has 1 rings (SSSR count). The number of nitriles is 3. The molecule has 0 fully saturated rings. The van der Waals surface area contributed by atoms with Gasteiger partial charge in [-0.1, -0.05) is 17.7 Å². The van der Waals surface area contributed by atoms with E-state index in [0.29, 0.717) is 5.56 Å². The summed E-state index contributed by atoms with van der Waals surface area (Å²) in [6.45, 7) is 1.61. The maximum absolute atomic E-state index is 11.2. The fourth-order valence-electron chi connectivity index (χ4n) is 1.46. The van der Waals surface area contributed by atoms with Gasteiger partial charge >= 0.3 is 5.97 Å². The van der Waals surface area contributed by atoms with Crippen molar-refractivity contribution in [3.05, 3.63) is 39.6 Å². The Labute approximate surface area is 119 Å². The molecule has 2 N–H and O–H groups in total. The third kappa shape index (κ3) is 2.87. The number of anilines is 1. The van der Waals surface area contributed by atoms with E-state index in [1.54, 1.807) is 31.2 Å². The zero-order valence-corrected chi connectivity index (χ0v) is 11.0. The summed E-state index contributed by atoms with van der Waals surface area (Å²) in [5.41, 5.74) is -0.417. The third-order valence-electron chi connectivity index (χ3n) is 2.41. The molecule has 0 amide bonds. The fraction of sp³-hybridized carbons (Fsp3) is 0.0769. The number of halogens is 1. The first-order chi connectivity index (χ1) is 9.46. The lowest BCUT2D eigenvalue weighted by Crippen LogP contribution is -2.09. The monoisotopic (exact) mass is 286 g/mol. The Balaban J connectivity index is 3.52. The van der Waals surface area contributed by atoms with E-state index in [9.17, 15) is 4.79 Å². The summed E-state index contributed by atoms with van der Waals surface area (Å²) in [6, 6.07) is 7.74. The van der Waals surface area contributed by atoms with Crippen LogP contribution in [-0.2, 0) is 0 Å². The van der Waals surface area contributed by atoms with Crippen molar-refractivity contribution < 1.29 is 9.90 Å². The molecule has 0 atom stereocenters. The molecular weight excluding hydrogens is 280 g/mol. The second kappa shape index (κ2) is 6.24. The van der Waals surface area contributed by atoms with Crippen LogP contribution >= 0.6 is 11.6 Å². The number of carbonyl (C=O) groups is 1. The third-order valence-corrected chi connectivity index (χ3v) is 2.73. The van der Waals surface area contributed by atoms with Crippen LogP contribution in [0.4, 0.5) is 5.69 Å². The average molecular weight is 287 g/mol. The van der Waals surface area contributed by atoms with Crippen LogP contribution in [0.3, 0.4) is 0 Å². The Morgan fingerprint density at radius 3 is 2.30 bits per heavy atom. The molecule has 0 unspecified atom stereocenters. The van der Waals surface area contributed by atoms with Crippen LogP contribution in [0, 0.1) is 40.9 Å². The molecule has 98 valence electrons. The average Bonchev–Trinajstić information content (AvgIpc) is 2.42. The number of benzene rings is 1. The molecule has 7 heteroatoms. The number of allylic oxidation sites excluding steroid dienone is 2. The molecule has 1 aromatic rings. The number of aryl methyl sites for hydroxylation is 1. The highest BCUT2D eigenvalue weighted by atomic mass is 35.5. The van der Waals surface area contributed by atoms with Gasteiger partial charge < -0.3 is 10.4 Å². The summed E-state index contributed by atoms with van der Waals surface area (Å²) in [5, 5.41) is 38.1. The summed E-state index contributed by atoms with van der Waals surface area (Å²) >= 11 is 5.82. The Morgan fingerprint density at radius 1 is 1.25 bits per heavy atom. The number of carboxylic acid groups (broad SMARTS) is 1. The zero-order chi connectivity index (χ0) is 15.3. The fourth-order valence-corrected chi connectivity index (χ4v) is 1.70. The molecule has 0 radical (unpaired) electrons. The van der Waals surface area contributed by atoms with E-state index in [1.807, 2.05) is 0 Å². The van der Waals surface area contributed by atoms with Crippen molar-refractivity contribution in [3.8, 4) is 18.2 Å². The molecule has 0 heterocycles. The molecule has 0 aromatic heterocycles. The summed E-state index contributed by atoms with van der Waals surface area (Å²) in [6.07, 6.45) is 0. The number of hydrogen-bond acceptors (Lipinski definition) is 5. The highest BCUT2D eigenvalue weighted by molar-refractivity contribution is 6.34. The van der Waals surface area contributed by atoms with Gasteiger partial charge in [-0.15, -0.1) is 0 Å². The predicted molar refractivity (Wildman–Crippen MR) is 70.6 cm³/mol. The Kier molecular flexibility index (Phi) is 4.70. The van der Waals surface area contributed by atoms with E-state index in [2.05, 4.69) is 5.32 Å². The molecule has 1 aromatic carbocycles. The minimum atomic E-state index is -1.28. The highest BCUT2D eigenvalue weighted by Gasteiger charge is 2.18. The Bertz CT molecular complexity index is 716. The van der Waals surface area contributed by atoms with Crippen LogP contribution in [0.25, 0.3) is 0 Å². The van der Waals surface area contributed by atoms with Crippen molar-refractivity contribution in [2.45, 2.75) is 6.92 Å². The van der Waals surface area contributed by atoms with Gasteiger partial charge in [-0.05, 0) is 18.6 Å². The number of nitrogens with one attached hydrogen (secondary N) is 1. The van der Waals surface area contributed by atoms with E-state index in [-0.39, 0.29) is 22.0 Å². The van der Waals surface area contributed by atoms with Crippen molar-refractivity contribution >= 4 is 23.3 Å². The number of hydrogen-bond donors (Lipinski definition) is 2. The first kappa shape index (κ1) is 15.0. The van der Waals surface area contributed by atoms with Crippen LogP contribution in [0.15, 0.2) is 23.4 Å². The van der Waals surface area contributed by atoms with Gasteiger partial charge in [0.1, 0.15) is 29.5 Å². The normalized spacial score (nSPS) is 8.75. The summed E-state index contributed by atoms with van der Waals surface area (Å²) in [4.78, 5) is 11.2. The smallest absolute Gasteiger partial charge is 0.339 e. The van der Waals surface area contributed by atoms with Crippen molar-refractivity contribution in [1.82, 2.24) is 0 Å². The lowest BCUT2D eigenvalue weighted by molar-refractivity contribution is 0.0698. The maximum Gasteiger partial charge on any atom is 0.339 e. The van der Waals surface area contributed by atoms with Crippen LogP contribution in [0.5, 0.6) is 0 Å². The summed E-state index contributed by atoms with van der Waals surface area (Å²) in [7, 11) is 0. The van der Waals surface area contributed by atoms with Crippen LogP contribution in [0.1, 0.15) is 15.9 Å². The number of nitrogens with zero attached hydrogens (tertiary/aromatic N) is 3. The van der Waals surface area contributed by atoms with Gasteiger partial charge in [-0.25, -0.2) is 4.79 Å². The van der Waals surface area contributed by atoms with Gasteiger partial charge in [0.25, 0.3) is 0 Å². The highest BCUT2D eigenvalue weighted by Crippen LogP contribution is 2.29. The van der Waals surface area contributed by atoms with Crippen molar-refractivity contribution in [2.75, 3.05) is 5.32 Å². The summed E-state index contributed by atoms with van der Waals surface area (Å²) < 4.78 is 0. The quantitative estimate of drug-likeness (QED) is 0.824. The van der Waals surface area contributed by atoms with Crippen molar-refractivity contribution in [2.24, 2.45) is 0 Å². The van der Waals surface area contributed by atoms with E-state index in [4.69, 9.17) is 32.5 Å². The van der Waals surface area contributed by atoms with E-state index >= 15 is 0 Å². The first-order valence-electron chi connectivity index (χ1n) is 5.20. The van der Waals surface area contributed by atoms with Gasteiger partial charge in [0.15, 0.2) is 5.57 Å². The van der Waals surface area contributed by atoms with Gasteiger partial charge in [-0.2, -0.15) is 15.8 Å². The van der Waals surface area contributed by atoms with Gasteiger partial charge in [0.05, 0.1) is 10.7 Å². The summed E-state index contributed by atoms with van der Waals surface area (Å²) in [5.74, 6) is -1.28. The maximum atomic E-state index is 11.2. The number of rotatable bonds is 3. The first-order valence-corrected chi connectivity index (χ1v) is 5.58. The zero-order valence-electron chi connectivity index (χ0n) is 10.2. The largest absolute Gasteiger partial charge is 0.478 e. The lowest BCUT2D eigenvalue weighted by Gasteiger charge is -2.13. The standard InChI is InChI=1S/C13H7ClN4O2/c1-7-2-3-9(14)11(13(19)20)12(7)18-10(6-17)8(4-15)5-16/h2-3,18H,1H3,(H,19,20). The minimum Gasteiger partial charge on any atom is -0.478 e. The van der Waals surface area contributed by atoms with Gasteiger partial charge in [-0.3, -0.25) is 0 Å². The van der Waals surface area contributed by atoms with E-state index < -0.39 is 11.5 Å². The molecule has 6 nitrogen and oxygen atoms in total. The number of aromatic carboxylic acids is 1. The molecule has 0 saturated carbocycles.